The molecule has 0 aliphatic carbocycles. The maximum Gasteiger partial charge on any atom is 0.298 e. The van der Waals surface area contributed by atoms with Crippen LogP contribution in [0.2, 0.25) is 5.02 Å². The van der Waals surface area contributed by atoms with Crippen LogP contribution < -0.4 is 4.90 Å². The molecule has 140 valence electrons. The molecule has 2 aromatic heterocycles. The number of hydrogen-bond acceptors (Lipinski definition) is 5. The molecule has 0 bridgehead atoms. The lowest BCUT2D eigenvalue weighted by molar-refractivity contribution is -0.137. The molecule has 0 radical (unpaired) electrons. The molecular weight excluding hydrogens is 366 g/mol. The number of carbonyl (C=O) groups excluding carboxylic acids is 1. The van der Waals surface area contributed by atoms with Gasteiger partial charge >= 0.3 is 0 Å². The molecule has 0 saturated carbocycles. The predicted molar refractivity (Wildman–Crippen MR) is 102 cm³/mol. The number of aromatic nitrogens is 3. The molecule has 4 heterocycles. The number of nitrogens with one attached hydrogen (secondary N) is 1. The Hall–Kier alpha value is -2.54. The van der Waals surface area contributed by atoms with E-state index < -0.39 is 0 Å². The number of amides is 1. The van der Waals surface area contributed by atoms with Gasteiger partial charge in [-0.3, -0.25) is 9.89 Å². The third-order valence-electron chi connectivity index (χ3n) is 5.57. The molecule has 1 fully saturated rings. The molecule has 27 heavy (non-hydrogen) atoms. The summed E-state index contributed by atoms with van der Waals surface area (Å²) in [5.41, 5.74) is 3.79. The quantitative estimate of drug-likeness (QED) is 0.733. The first-order chi connectivity index (χ1) is 13.2. The van der Waals surface area contributed by atoms with Gasteiger partial charge in [-0.15, -0.1) is 0 Å². The Labute approximate surface area is 161 Å². The normalized spacial score (nSPS) is 18.1. The second kappa shape index (κ2) is 6.56. The van der Waals surface area contributed by atoms with E-state index in [-0.39, 0.29) is 11.8 Å². The molecule has 5 rings (SSSR count). The van der Waals surface area contributed by atoms with Crippen LogP contribution >= 0.6 is 11.6 Å². The summed E-state index contributed by atoms with van der Waals surface area (Å²) in [6.45, 7) is 2.96. The van der Waals surface area contributed by atoms with E-state index in [1.54, 1.807) is 6.07 Å². The molecule has 0 atom stereocenters. The van der Waals surface area contributed by atoms with Gasteiger partial charge in [0.2, 0.25) is 5.91 Å². The largest absolute Gasteiger partial charge is 0.423 e. The summed E-state index contributed by atoms with van der Waals surface area (Å²) < 4.78 is 5.86. The number of carbonyl (C=O) groups is 1. The molecule has 8 heteroatoms. The van der Waals surface area contributed by atoms with Crippen molar-refractivity contribution in [1.82, 2.24) is 20.1 Å². The van der Waals surface area contributed by atoms with Crippen molar-refractivity contribution < 1.29 is 9.21 Å². The minimum Gasteiger partial charge on any atom is -0.423 e. The minimum atomic E-state index is 0.0634. The van der Waals surface area contributed by atoms with Crippen LogP contribution in [0.25, 0.3) is 11.1 Å². The summed E-state index contributed by atoms with van der Waals surface area (Å²) in [6.07, 6.45) is 4.31. The summed E-state index contributed by atoms with van der Waals surface area (Å²) in [5.74, 6) is 0.319. The van der Waals surface area contributed by atoms with Gasteiger partial charge in [-0.05, 0) is 25.0 Å². The smallest absolute Gasteiger partial charge is 0.298 e. The van der Waals surface area contributed by atoms with Gasteiger partial charge in [-0.2, -0.15) is 10.1 Å². The third kappa shape index (κ3) is 3.06. The van der Waals surface area contributed by atoms with E-state index in [0.717, 1.165) is 55.7 Å². The fourth-order valence-corrected chi connectivity index (χ4v) is 4.17. The Morgan fingerprint density at radius 1 is 1.26 bits per heavy atom. The van der Waals surface area contributed by atoms with Gasteiger partial charge in [-0.1, -0.05) is 11.6 Å². The van der Waals surface area contributed by atoms with E-state index in [9.17, 15) is 4.79 Å². The van der Waals surface area contributed by atoms with Gasteiger partial charge in [-0.25, -0.2) is 0 Å². The van der Waals surface area contributed by atoms with Crippen LogP contribution in [-0.4, -0.2) is 45.6 Å². The highest BCUT2D eigenvalue weighted by atomic mass is 35.5. The highest BCUT2D eigenvalue weighted by Crippen LogP contribution is 2.29. The van der Waals surface area contributed by atoms with Crippen LogP contribution in [0, 0.1) is 5.92 Å². The Bertz CT molecular complexity index is 989. The van der Waals surface area contributed by atoms with Crippen molar-refractivity contribution in [3.8, 4) is 0 Å². The first kappa shape index (κ1) is 16.6. The first-order valence-corrected chi connectivity index (χ1v) is 9.66. The zero-order valence-electron chi connectivity index (χ0n) is 14.8. The van der Waals surface area contributed by atoms with Crippen molar-refractivity contribution in [2.45, 2.75) is 25.8 Å². The van der Waals surface area contributed by atoms with Crippen LogP contribution in [0.15, 0.2) is 28.8 Å². The van der Waals surface area contributed by atoms with Crippen LogP contribution in [0.3, 0.4) is 0 Å². The summed E-state index contributed by atoms with van der Waals surface area (Å²) in [6, 6.07) is 6.07. The molecule has 2 aliphatic heterocycles. The Balaban J connectivity index is 1.24. The number of oxazole rings is 1. The Kier molecular flexibility index (Phi) is 4.04. The number of hydrogen-bond donors (Lipinski definition) is 1. The van der Waals surface area contributed by atoms with Gasteiger partial charge in [0.05, 0.1) is 6.20 Å². The second-order valence-electron chi connectivity index (χ2n) is 7.25. The van der Waals surface area contributed by atoms with Crippen LogP contribution in [0.4, 0.5) is 6.01 Å². The summed E-state index contributed by atoms with van der Waals surface area (Å²) >= 11 is 6.02. The van der Waals surface area contributed by atoms with Crippen LogP contribution in [-0.2, 0) is 17.8 Å². The van der Waals surface area contributed by atoms with Gasteiger partial charge in [0.15, 0.2) is 5.58 Å². The molecule has 2 aliphatic rings. The van der Waals surface area contributed by atoms with Crippen molar-refractivity contribution in [3.63, 3.8) is 0 Å². The summed E-state index contributed by atoms with van der Waals surface area (Å²) in [4.78, 5) is 21.6. The molecular formula is C19H20ClN5O2. The van der Waals surface area contributed by atoms with Crippen LogP contribution in [0.5, 0.6) is 0 Å². The van der Waals surface area contributed by atoms with Gasteiger partial charge in [0.25, 0.3) is 6.01 Å². The maximum atomic E-state index is 12.9. The van der Waals surface area contributed by atoms with E-state index in [0.29, 0.717) is 23.2 Å². The lowest BCUT2D eigenvalue weighted by atomic mass is 9.94. The molecule has 0 spiro atoms. The number of rotatable bonds is 2. The first-order valence-electron chi connectivity index (χ1n) is 9.28. The Morgan fingerprint density at radius 3 is 2.96 bits per heavy atom. The number of piperidine rings is 1. The molecule has 7 nitrogen and oxygen atoms in total. The predicted octanol–water partition coefficient (Wildman–Crippen LogP) is 3.01. The molecule has 3 aromatic rings. The monoisotopic (exact) mass is 385 g/mol. The lowest BCUT2D eigenvalue weighted by Gasteiger charge is -2.34. The van der Waals surface area contributed by atoms with Crippen molar-refractivity contribution in [1.29, 1.82) is 0 Å². The number of anilines is 1. The zero-order chi connectivity index (χ0) is 18.4. The topological polar surface area (TPSA) is 78.3 Å². The average molecular weight is 386 g/mol. The fourth-order valence-electron chi connectivity index (χ4n) is 4.01. The highest BCUT2D eigenvalue weighted by molar-refractivity contribution is 6.31. The highest BCUT2D eigenvalue weighted by Gasteiger charge is 2.32. The fraction of sp³-hybridized carbons (Fsp3) is 0.421. The van der Waals surface area contributed by atoms with Crippen molar-refractivity contribution >= 4 is 34.6 Å². The minimum absolute atomic E-state index is 0.0634. The number of nitrogens with zero attached hydrogens (tertiary/aromatic N) is 4. The number of aromatic amines is 1. The lowest BCUT2D eigenvalue weighted by Crippen LogP contribution is -2.44. The number of fused-ring (bicyclic) bond motifs is 2. The maximum absolute atomic E-state index is 12.9. The second-order valence-corrected chi connectivity index (χ2v) is 7.69. The summed E-state index contributed by atoms with van der Waals surface area (Å²) in [5, 5.41) is 7.73. The van der Waals surface area contributed by atoms with Crippen molar-refractivity contribution in [3.05, 3.63) is 40.7 Å². The van der Waals surface area contributed by atoms with E-state index in [4.69, 9.17) is 16.0 Å². The van der Waals surface area contributed by atoms with Crippen molar-refractivity contribution in [2.75, 3.05) is 24.5 Å². The Morgan fingerprint density at radius 2 is 2.11 bits per heavy atom. The van der Waals surface area contributed by atoms with Crippen LogP contribution in [0.1, 0.15) is 24.1 Å². The SMILES string of the molecule is O=C(C1CCN(c2nc3ccc(Cl)cc3o2)CC1)N1CCc2[nH]ncc2C1. The molecule has 1 amide bonds. The molecule has 1 N–H and O–H groups in total. The van der Waals surface area contributed by atoms with Crippen molar-refractivity contribution in [2.24, 2.45) is 5.92 Å². The summed E-state index contributed by atoms with van der Waals surface area (Å²) in [7, 11) is 0. The van der Waals surface area contributed by atoms with E-state index in [1.807, 2.05) is 23.2 Å². The van der Waals surface area contributed by atoms with Gasteiger partial charge in [0.1, 0.15) is 5.52 Å². The van der Waals surface area contributed by atoms with E-state index in [2.05, 4.69) is 20.1 Å². The van der Waals surface area contributed by atoms with Gasteiger partial charge in [0, 0.05) is 60.9 Å². The molecule has 1 aromatic carbocycles. The molecule has 0 unspecified atom stereocenters. The average Bonchev–Trinajstić information content (AvgIpc) is 3.33. The third-order valence-corrected chi connectivity index (χ3v) is 5.80. The van der Waals surface area contributed by atoms with E-state index in [1.165, 1.54) is 0 Å². The molecule has 1 saturated heterocycles. The van der Waals surface area contributed by atoms with E-state index >= 15 is 0 Å². The standard InChI is InChI=1S/C19H20ClN5O2/c20-14-1-2-16-17(9-14)27-19(22-16)24-6-3-12(4-7-24)18(26)25-8-5-15-13(11-25)10-21-23-15/h1-2,9-10,12H,3-8,11H2,(H,21,23). The number of halogens is 1. The van der Waals surface area contributed by atoms with Gasteiger partial charge < -0.3 is 14.2 Å². The number of H-pyrrole nitrogens is 1. The zero-order valence-corrected chi connectivity index (χ0v) is 15.6. The number of benzene rings is 1.